The van der Waals surface area contributed by atoms with Crippen molar-refractivity contribution in [3.8, 4) is 0 Å². The third kappa shape index (κ3) is 3.85. The Morgan fingerprint density at radius 2 is 2.10 bits per heavy atom. The molecule has 2 unspecified atom stereocenters. The van der Waals surface area contributed by atoms with Crippen LogP contribution >= 0.6 is 0 Å². The van der Waals surface area contributed by atoms with Crippen molar-refractivity contribution < 1.29 is 24.5 Å². The Hall–Kier alpha value is -1.78. The summed E-state index contributed by atoms with van der Waals surface area (Å²) in [5.74, 6) is -2.97. The predicted molar refractivity (Wildman–Crippen MR) is 74.2 cm³/mol. The minimum absolute atomic E-state index is 0.270. The highest BCUT2D eigenvalue weighted by Crippen LogP contribution is 2.41. The van der Waals surface area contributed by atoms with Gasteiger partial charge in [0.05, 0.1) is 24.2 Å². The largest absolute Gasteiger partial charge is 0.501 e. The molecule has 20 heavy (non-hydrogen) atoms. The van der Waals surface area contributed by atoms with Gasteiger partial charge in [-0.3, -0.25) is 9.59 Å². The molecule has 0 aromatic heterocycles. The molecule has 0 fully saturated rings. The SMILES string of the molecule is CC(C)=COCCCC1(C(=O)O)C=CCCC1C(=O)O. The molecule has 0 spiro atoms. The van der Waals surface area contributed by atoms with Gasteiger partial charge >= 0.3 is 11.9 Å². The van der Waals surface area contributed by atoms with Gasteiger partial charge in [-0.25, -0.2) is 0 Å². The highest BCUT2D eigenvalue weighted by Gasteiger charge is 2.48. The van der Waals surface area contributed by atoms with Gasteiger partial charge in [0.2, 0.25) is 0 Å². The molecule has 1 aliphatic rings. The summed E-state index contributed by atoms with van der Waals surface area (Å²) in [5, 5.41) is 18.7. The van der Waals surface area contributed by atoms with Crippen molar-refractivity contribution >= 4 is 11.9 Å². The summed E-state index contributed by atoms with van der Waals surface area (Å²) in [7, 11) is 0. The summed E-state index contributed by atoms with van der Waals surface area (Å²) in [6, 6.07) is 0. The van der Waals surface area contributed by atoms with Gasteiger partial charge < -0.3 is 14.9 Å². The molecule has 0 aromatic carbocycles. The number of carboxylic acid groups (broad SMARTS) is 2. The van der Waals surface area contributed by atoms with E-state index in [0.29, 0.717) is 25.9 Å². The number of ether oxygens (including phenoxy) is 1. The Labute approximate surface area is 118 Å². The highest BCUT2D eigenvalue weighted by molar-refractivity contribution is 5.85. The van der Waals surface area contributed by atoms with Gasteiger partial charge in [0.1, 0.15) is 0 Å². The number of carbonyl (C=O) groups is 2. The molecule has 112 valence electrons. The van der Waals surface area contributed by atoms with Crippen molar-refractivity contribution in [3.05, 3.63) is 24.0 Å². The number of rotatable bonds is 7. The van der Waals surface area contributed by atoms with Crippen LogP contribution in [-0.4, -0.2) is 28.8 Å². The molecule has 5 nitrogen and oxygen atoms in total. The molecular formula is C15H22O5. The fraction of sp³-hybridized carbons (Fsp3) is 0.600. The van der Waals surface area contributed by atoms with Gasteiger partial charge in [0.25, 0.3) is 0 Å². The van der Waals surface area contributed by atoms with Crippen LogP contribution in [0.2, 0.25) is 0 Å². The van der Waals surface area contributed by atoms with E-state index >= 15 is 0 Å². The summed E-state index contributed by atoms with van der Waals surface area (Å²) < 4.78 is 5.28. The molecule has 0 bridgehead atoms. The van der Waals surface area contributed by atoms with Crippen LogP contribution in [0.4, 0.5) is 0 Å². The molecule has 0 aromatic rings. The van der Waals surface area contributed by atoms with Gasteiger partial charge in [-0.05, 0) is 45.1 Å². The molecule has 0 amide bonds. The monoisotopic (exact) mass is 282 g/mol. The Bertz CT molecular complexity index is 420. The van der Waals surface area contributed by atoms with Crippen LogP contribution < -0.4 is 0 Å². The van der Waals surface area contributed by atoms with E-state index in [1.54, 1.807) is 18.4 Å². The Kier molecular flexibility index (Phi) is 5.80. The lowest BCUT2D eigenvalue weighted by molar-refractivity contribution is -0.160. The Morgan fingerprint density at radius 3 is 2.65 bits per heavy atom. The van der Waals surface area contributed by atoms with Gasteiger partial charge in [0, 0.05) is 0 Å². The van der Waals surface area contributed by atoms with Crippen molar-refractivity contribution in [2.45, 2.75) is 39.5 Å². The zero-order valence-corrected chi connectivity index (χ0v) is 12.0. The molecule has 0 heterocycles. The molecular weight excluding hydrogens is 260 g/mol. The van der Waals surface area contributed by atoms with Crippen LogP contribution in [0, 0.1) is 11.3 Å². The number of carboxylic acids is 2. The molecule has 0 saturated heterocycles. The third-order valence-corrected chi connectivity index (χ3v) is 3.53. The Balaban J connectivity index is 2.73. The number of aliphatic carboxylic acids is 2. The molecule has 5 heteroatoms. The average Bonchev–Trinajstić information content (AvgIpc) is 2.37. The van der Waals surface area contributed by atoms with E-state index < -0.39 is 23.3 Å². The maximum atomic E-state index is 11.6. The third-order valence-electron chi connectivity index (χ3n) is 3.53. The second-order valence-electron chi connectivity index (χ2n) is 5.39. The van der Waals surface area contributed by atoms with Crippen molar-refractivity contribution in [3.63, 3.8) is 0 Å². The lowest BCUT2D eigenvalue weighted by Gasteiger charge is -2.34. The lowest BCUT2D eigenvalue weighted by atomic mass is 9.67. The smallest absolute Gasteiger partial charge is 0.314 e. The van der Waals surface area contributed by atoms with Gasteiger partial charge in [-0.15, -0.1) is 0 Å². The van der Waals surface area contributed by atoms with E-state index in [0.717, 1.165) is 5.57 Å². The molecule has 0 saturated carbocycles. The zero-order valence-electron chi connectivity index (χ0n) is 12.0. The first-order valence-corrected chi connectivity index (χ1v) is 6.79. The fourth-order valence-electron chi connectivity index (χ4n) is 2.53. The molecule has 2 atom stereocenters. The first-order chi connectivity index (χ1) is 9.40. The minimum atomic E-state index is -1.31. The zero-order chi connectivity index (χ0) is 15.2. The standard InChI is InChI=1S/C15H22O5/c1-11(2)10-20-9-5-8-15(14(18)19)7-4-3-6-12(15)13(16)17/h4,7,10,12H,3,5-6,8-9H2,1-2H3,(H,16,17)(H,18,19). The van der Waals surface area contributed by atoms with Crippen molar-refractivity contribution in [1.29, 1.82) is 0 Å². The van der Waals surface area contributed by atoms with E-state index in [2.05, 4.69) is 0 Å². The van der Waals surface area contributed by atoms with Crippen molar-refractivity contribution in [1.82, 2.24) is 0 Å². The summed E-state index contributed by atoms with van der Waals surface area (Å²) in [6.07, 6.45) is 6.70. The lowest BCUT2D eigenvalue weighted by Crippen LogP contribution is -2.42. The molecule has 1 rings (SSSR count). The van der Waals surface area contributed by atoms with E-state index in [9.17, 15) is 19.8 Å². The topological polar surface area (TPSA) is 83.8 Å². The normalized spacial score (nSPS) is 25.0. The van der Waals surface area contributed by atoms with Gasteiger partial charge in [-0.1, -0.05) is 12.2 Å². The van der Waals surface area contributed by atoms with Gasteiger partial charge in [0.15, 0.2) is 0 Å². The summed E-state index contributed by atoms with van der Waals surface area (Å²) in [6.45, 7) is 4.20. The first kappa shape index (κ1) is 16.3. The van der Waals surface area contributed by atoms with E-state index in [-0.39, 0.29) is 6.42 Å². The van der Waals surface area contributed by atoms with Crippen LogP contribution in [0.5, 0.6) is 0 Å². The highest BCUT2D eigenvalue weighted by atomic mass is 16.5. The molecule has 0 aliphatic heterocycles. The van der Waals surface area contributed by atoms with Crippen molar-refractivity contribution in [2.24, 2.45) is 11.3 Å². The maximum Gasteiger partial charge on any atom is 0.314 e. The quantitative estimate of drug-likeness (QED) is 0.426. The number of allylic oxidation sites excluding steroid dienone is 2. The van der Waals surface area contributed by atoms with Crippen LogP contribution in [-0.2, 0) is 14.3 Å². The van der Waals surface area contributed by atoms with Crippen LogP contribution in [0.15, 0.2) is 24.0 Å². The maximum absolute atomic E-state index is 11.6. The second-order valence-corrected chi connectivity index (χ2v) is 5.39. The number of hydrogen-bond donors (Lipinski definition) is 2. The Morgan fingerprint density at radius 1 is 1.40 bits per heavy atom. The van der Waals surface area contributed by atoms with E-state index in [1.807, 2.05) is 13.8 Å². The second kappa shape index (κ2) is 7.12. The van der Waals surface area contributed by atoms with Crippen LogP contribution in [0.3, 0.4) is 0 Å². The molecule has 2 N–H and O–H groups in total. The average molecular weight is 282 g/mol. The molecule has 1 aliphatic carbocycles. The van der Waals surface area contributed by atoms with Crippen LogP contribution in [0.25, 0.3) is 0 Å². The fourth-order valence-corrected chi connectivity index (χ4v) is 2.53. The minimum Gasteiger partial charge on any atom is -0.501 e. The number of hydrogen-bond acceptors (Lipinski definition) is 3. The van der Waals surface area contributed by atoms with Crippen LogP contribution in [0.1, 0.15) is 39.5 Å². The first-order valence-electron chi connectivity index (χ1n) is 6.79. The summed E-state index contributed by atoms with van der Waals surface area (Å²) in [4.78, 5) is 22.9. The predicted octanol–water partition coefficient (Wildman–Crippen LogP) is 2.83. The van der Waals surface area contributed by atoms with Crippen molar-refractivity contribution in [2.75, 3.05) is 6.61 Å². The van der Waals surface area contributed by atoms with E-state index in [4.69, 9.17) is 4.74 Å². The molecule has 0 radical (unpaired) electrons. The summed E-state index contributed by atoms with van der Waals surface area (Å²) >= 11 is 0. The van der Waals surface area contributed by atoms with Gasteiger partial charge in [-0.2, -0.15) is 0 Å². The van der Waals surface area contributed by atoms with E-state index in [1.165, 1.54) is 0 Å². The summed E-state index contributed by atoms with van der Waals surface area (Å²) in [5.41, 5.74) is -0.280.